The van der Waals surface area contributed by atoms with Crippen molar-refractivity contribution in [2.75, 3.05) is 4.90 Å². The van der Waals surface area contributed by atoms with Crippen molar-refractivity contribution in [2.45, 2.75) is 0 Å². The van der Waals surface area contributed by atoms with Gasteiger partial charge in [-0.05, 0) is 117 Å². The van der Waals surface area contributed by atoms with Crippen LogP contribution < -0.4 is 4.90 Å². The summed E-state index contributed by atoms with van der Waals surface area (Å²) in [5, 5.41) is 5.73. The van der Waals surface area contributed by atoms with E-state index < -0.39 is 0 Å². The normalized spacial score (nSPS) is 11.5. The smallest absolute Gasteiger partial charge is 0.137 e. The van der Waals surface area contributed by atoms with Crippen LogP contribution in [-0.4, -0.2) is 4.98 Å². The van der Waals surface area contributed by atoms with Crippen LogP contribution in [0.2, 0.25) is 0 Å². The van der Waals surface area contributed by atoms with E-state index >= 15 is 0 Å². The molecular formula is C53H34N2OS. The molecule has 0 spiro atoms. The van der Waals surface area contributed by atoms with Gasteiger partial charge in [-0.15, -0.1) is 11.3 Å². The average molecular weight is 747 g/mol. The number of furan rings is 1. The van der Waals surface area contributed by atoms with Crippen molar-refractivity contribution in [3.05, 3.63) is 206 Å². The molecule has 0 saturated heterocycles. The molecule has 3 nitrogen and oxygen atoms in total. The Morgan fingerprint density at radius 1 is 0.404 bits per heavy atom. The van der Waals surface area contributed by atoms with Crippen LogP contribution in [-0.2, 0) is 0 Å². The van der Waals surface area contributed by atoms with Crippen molar-refractivity contribution >= 4 is 71.3 Å². The minimum Gasteiger partial charge on any atom is -0.456 e. The summed E-state index contributed by atoms with van der Waals surface area (Å²) < 4.78 is 7.52. The maximum absolute atomic E-state index is 6.37. The van der Waals surface area contributed by atoms with E-state index in [2.05, 4.69) is 205 Å². The number of nitrogens with zero attached hydrogens (tertiary/aromatic N) is 2. The van der Waals surface area contributed by atoms with E-state index in [-0.39, 0.29) is 0 Å². The van der Waals surface area contributed by atoms with Crippen LogP contribution in [0.1, 0.15) is 0 Å². The van der Waals surface area contributed by atoms with Gasteiger partial charge >= 0.3 is 0 Å². The number of aromatic nitrogens is 1. The monoisotopic (exact) mass is 746 g/mol. The molecular weight excluding hydrogens is 713 g/mol. The highest BCUT2D eigenvalue weighted by Gasteiger charge is 2.18. The van der Waals surface area contributed by atoms with Gasteiger partial charge in [0.05, 0.1) is 10.2 Å². The molecule has 9 aromatic carbocycles. The Morgan fingerprint density at radius 3 is 1.72 bits per heavy atom. The molecule has 2 aromatic heterocycles. The summed E-state index contributed by atoms with van der Waals surface area (Å²) in [7, 11) is 0. The number of thiazole rings is 1. The molecule has 0 bridgehead atoms. The molecule has 0 amide bonds. The first-order valence-corrected chi connectivity index (χ1v) is 20.0. The summed E-state index contributed by atoms with van der Waals surface area (Å²) in [6.45, 7) is 0. The van der Waals surface area contributed by atoms with Crippen LogP contribution in [0.5, 0.6) is 0 Å². The lowest BCUT2D eigenvalue weighted by Gasteiger charge is -2.26. The molecule has 268 valence electrons. The molecule has 0 radical (unpaired) electrons. The Labute approximate surface area is 334 Å². The Morgan fingerprint density at radius 2 is 0.982 bits per heavy atom. The molecule has 2 heterocycles. The van der Waals surface area contributed by atoms with Crippen molar-refractivity contribution in [3.63, 3.8) is 0 Å². The third-order valence-electron chi connectivity index (χ3n) is 10.9. The van der Waals surface area contributed by atoms with Crippen molar-refractivity contribution in [1.82, 2.24) is 4.98 Å². The highest BCUT2D eigenvalue weighted by Crippen LogP contribution is 2.42. The first-order chi connectivity index (χ1) is 28.2. The number of para-hydroxylation sites is 1. The molecule has 0 N–H and O–H groups in total. The quantitative estimate of drug-likeness (QED) is 0.163. The third kappa shape index (κ3) is 5.95. The lowest BCUT2D eigenvalue weighted by Crippen LogP contribution is -2.09. The number of fused-ring (bicyclic) bond motifs is 6. The van der Waals surface area contributed by atoms with E-state index in [0.29, 0.717) is 0 Å². The zero-order chi connectivity index (χ0) is 37.7. The number of rotatable bonds is 7. The van der Waals surface area contributed by atoms with E-state index in [4.69, 9.17) is 9.40 Å². The fourth-order valence-electron chi connectivity index (χ4n) is 8.09. The zero-order valence-electron chi connectivity index (χ0n) is 30.8. The summed E-state index contributed by atoms with van der Waals surface area (Å²) in [5.74, 6) is 0. The molecule has 11 rings (SSSR count). The topological polar surface area (TPSA) is 29.3 Å². The molecule has 0 saturated carbocycles. The lowest BCUT2D eigenvalue weighted by atomic mass is 9.93. The van der Waals surface area contributed by atoms with Crippen molar-refractivity contribution in [1.29, 1.82) is 0 Å². The van der Waals surface area contributed by atoms with Gasteiger partial charge in [0.15, 0.2) is 0 Å². The second-order valence-corrected chi connectivity index (χ2v) is 15.4. The summed E-state index contributed by atoms with van der Waals surface area (Å²) in [5.41, 5.74) is 14.3. The highest BCUT2D eigenvalue weighted by atomic mass is 32.1. The Balaban J connectivity index is 0.957. The summed E-state index contributed by atoms with van der Waals surface area (Å²) in [4.78, 5) is 7.32. The van der Waals surface area contributed by atoms with Gasteiger partial charge in [0.1, 0.15) is 16.2 Å². The molecule has 0 aliphatic carbocycles. The number of hydrogen-bond donors (Lipinski definition) is 0. The Hall–Kier alpha value is -7.27. The SMILES string of the molecule is c1ccc(-c2cc(-c3ccc(N(c4ccccc4)c4ccc(-c5ccc6oc7ccc8nc(-c9ccccc9)sc8c7c6c5)cc4)cc3)c3ccccc3c2)cc1. The zero-order valence-corrected chi connectivity index (χ0v) is 31.7. The van der Waals surface area contributed by atoms with Crippen LogP contribution in [0.4, 0.5) is 17.1 Å². The first kappa shape index (κ1) is 33.1. The second-order valence-electron chi connectivity index (χ2n) is 14.4. The van der Waals surface area contributed by atoms with Crippen molar-refractivity contribution in [3.8, 4) is 44.0 Å². The van der Waals surface area contributed by atoms with Gasteiger partial charge in [0, 0.05) is 33.4 Å². The molecule has 4 heteroatoms. The number of benzene rings is 9. The lowest BCUT2D eigenvalue weighted by molar-refractivity contribution is 0.669. The Bertz CT molecular complexity index is 3210. The molecule has 11 aromatic rings. The fraction of sp³-hybridized carbons (Fsp3) is 0. The molecule has 0 aliphatic rings. The van der Waals surface area contributed by atoms with Gasteiger partial charge in [-0.2, -0.15) is 0 Å². The van der Waals surface area contributed by atoms with Gasteiger partial charge in [0.2, 0.25) is 0 Å². The average Bonchev–Trinajstić information content (AvgIpc) is 3.89. The van der Waals surface area contributed by atoms with Crippen molar-refractivity contribution < 1.29 is 4.42 Å². The van der Waals surface area contributed by atoms with E-state index in [1.54, 1.807) is 11.3 Å². The highest BCUT2D eigenvalue weighted by molar-refractivity contribution is 7.22. The van der Waals surface area contributed by atoms with Crippen LogP contribution in [0, 0.1) is 0 Å². The predicted molar refractivity (Wildman–Crippen MR) is 241 cm³/mol. The van der Waals surface area contributed by atoms with Crippen LogP contribution >= 0.6 is 11.3 Å². The van der Waals surface area contributed by atoms with Gasteiger partial charge in [0.25, 0.3) is 0 Å². The number of hydrogen-bond acceptors (Lipinski definition) is 4. The van der Waals surface area contributed by atoms with E-state index in [1.165, 1.54) is 33.0 Å². The first-order valence-electron chi connectivity index (χ1n) is 19.2. The fourth-order valence-corrected chi connectivity index (χ4v) is 9.22. The minimum atomic E-state index is 0.881. The Kier molecular flexibility index (Phi) is 8.01. The maximum atomic E-state index is 6.37. The van der Waals surface area contributed by atoms with Crippen LogP contribution in [0.25, 0.3) is 86.9 Å². The standard InChI is InChI=1S/C53H34N2OS/c1-4-12-35(13-5-1)41-32-40-16-10-11-19-45(40)46(34-41)37-22-27-44(28-23-37)55(42-17-8-3-9-18-42)43-25-20-36(21-26-43)39-24-30-49-47(33-39)51-50(56-49)31-29-48-52(51)57-53(54-48)38-14-6-2-7-15-38/h1-34H. The van der Waals surface area contributed by atoms with Crippen LogP contribution in [0.15, 0.2) is 211 Å². The summed E-state index contributed by atoms with van der Waals surface area (Å²) in [6, 6.07) is 73.4. The van der Waals surface area contributed by atoms with E-state index in [0.717, 1.165) is 70.9 Å². The van der Waals surface area contributed by atoms with Gasteiger partial charge in [-0.3, -0.25) is 0 Å². The van der Waals surface area contributed by atoms with Crippen molar-refractivity contribution in [2.24, 2.45) is 0 Å². The van der Waals surface area contributed by atoms with Gasteiger partial charge in [-0.25, -0.2) is 4.98 Å². The van der Waals surface area contributed by atoms with E-state index in [9.17, 15) is 0 Å². The molecule has 0 unspecified atom stereocenters. The van der Waals surface area contributed by atoms with Crippen LogP contribution in [0.3, 0.4) is 0 Å². The predicted octanol–water partition coefficient (Wildman–Crippen LogP) is 15.5. The summed E-state index contributed by atoms with van der Waals surface area (Å²) in [6.07, 6.45) is 0. The molecule has 0 fully saturated rings. The van der Waals surface area contributed by atoms with Gasteiger partial charge in [-0.1, -0.05) is 133 Å². The maximum Gasteiger partial charge on any atom is 0.137 e. The molecule has 57 heavy (non-hydrogen) atoms. The van der Waals surface area contributed by atoms with E-state index in [1.807, 2.05) is 6.07 Å². The third-order valence-corrected chi connectivity index (χ3v) is 12.0. The molecule has 0 atom stereocenters. The van der Waals surface area contributed by atoms with Gasteiger partial charge < -0.3 is 9.32 Å². The largest absolute Gasteiger partial charge is 0.456 e. The number of anilines is 3. The molecule has 0 aliphatic heterocycles. The second kappa shape index (κ2) is 13.8. The summed E-state index contributed by atoms with van der Waals surface area (Å²) >= 11 is 1.72. The minimum absolute atomic E-state index is 0.881.